The Kier molecular flexibility index (Phi) is 4.34. The van der Waals surface area contributed by atoms with Crippen LogP contribution in [-0.2, 0) is 4.74 Å². The van der Waals surface area contributed by atoms with E-state index in [2.05, 4.69) is 54.3 Å². The van der Waals surface area contributed by atoms with E-state index in [1.807, 2.05) is 0 Å². The minimum absolute atomic E-state index is 0.601. The molecular formula is C18H23NO. The molecule has 1 aliphatic rings. The Labute approximate surface area is 121 Å². The molecule has 2 aromatic rings. The Morgan fingerprint density at radius 1 is 1.05 bits per heavy atom. The van der Waals surface area contributed by atoms with Gasteiger partial charge in [-0.15, -0.1) is 0 Å². The molecule has 0 amide bonds. The van der Waals surface area contributed by atoms with Crippen molar-refractivity contribution in [2.24, 2.45) is 0 Å². The van der Waals surface area contributed by atoms with Crippen LogP contribution in [-0.4, -0.2) is 37.7 Å². The third-order valence-electron chi connectivity index (χ3n) is 4.34. The van der Waals surface area contributed by atoms with Gasteiger partial charge in [-0.1, -0.05) is 49.4 Å². The third kappa shape index (κ3) is 3.02. The van der Waals surface area contributed by atoms with E-state index in [-0.39, 0.29) is 0 Å². The van der Waals surface area contributed by atoms with Crippen LogP contribution >= 0.6 is 0 Å². The van der Waals surface area contributed by atoms with Gasteiger partial charge in [0.15, 0.2) is 0 Å². The molecule has 2 aromatic carbocycles. The van der Waals surface area contributed by atoms with E-state index >= 15 is 0 Å². The van der Waals surface area contributed by atoms with Crippen LogP contribution in [0.25, 0.3) is 10.8 Å². The number of fused-ring (bicyclic) bond motifs is 1. The van der Waals surface area contributed by atoms with Gasteiger partial charge in [0.05, 0.1) is 13.2 Å². The summed E-state index contributed by atoms with van der Waals surface area (Å²) >= 11 is 0. The lowest BCUT2D eigenvalue weighted by molar-refractivity contribution is 0.0367. The Balaban J connectivity index is 1.70. The highest BCUT2D eigenvalue weighted by molar-refractivity contribution is 5.86. The first-order chi connectivity index (χ1) is 9.84. The molecule has 0 aliphatic carbocycles. The van der Waals surface area contributed by atoms with Gasteiger partial charge < -0.3 is 4.74 Å². The summed E-state index contributed by atoms with van der Waals surface area (Å²) in [4.78, 5) is 2.52. The fourth-order valence-corrected chi connectivity index (χ4v) is 3.04. The molecule has 0 bridgehead atoms. The van der Waals surface area contributed by atoms with E-state index in [9.17, 15) is 0 Å². The zero-order chi connectivity index (χ0) is 13.8. The highest BCUT2D eigenvalue weighted by Crippen LogP contribution is 2.27. The molecule has 1 saturated heterocycles. The van der Waals surface area contributed by atoms with Gasteiger partial charge in [-0.3, -0.25) is 4.90 Å². The number of rotatable bonds is 4. The molecule has 0 radical (unpaired) electrons. The fraction of sp³-hybridized carbons (Fsp3) is 0.444. The maximum atomic E-state index is 5.41. The summed E-state index contributed by atoms with van der Waals surface area (Å²) in [6.07, 6.45) is 1.22. The molecule has 0 unspecified atom stereocenters. The molecule has 0 N–H and O–H groups in total. The maximum Gasteiger partial charge on any atom is 0.0594 e. The lowest BCUT2D eigenvalue weighted by atomic mass is 9.92. The van der Waals surface area contributed by atoms with Crippen LogP contribution in [0.3, 0.4) is 0 Å². The van der Waals surface area contributed by atoms with E-state index < -0.39 is 0 Å². The number of morpholine rings is 1. The normalized spacial score (nSPS) is 18.2. The standard InChI is InChI=1S/C18H23NO/c1-15(9-10-19-11-13-20-14-12-19)17-8-4-6-16-5-2-3-7-18(16)17/h2-8,15H,9-14H2,1H3/t15-/m0/s1. The highest BCUT2D eigenvalue weighted by atomic mass is 16.5. The smallest absolute Gasteiger partial charge is 0.0594 e. The van der Waals surface area contributed by atoms with Gasteiger partial charge in [-0.25, -0.2) is 0 Å². The first-order valence-corrected chi connectivity index (χ1v) is 7.62. The molecular weight excluding hydrogens is 246 g/mol. The Morgan fingerprint density at radius 3 is 2.65 bits per heavy atom. The largest absolute Gasteiger partial charge is 0.379 e. The molecule has 1 fully saturated rings. The molecule has 0 saturated carbocycles. The number of hydrogen-bond acceptors (Lipinski definition) is 2. The van der Waals surface area contributed by atoms with Crippen molar-refractivity contribution in [3.8, 4) is 0 Å². The van der Waals surface area contributed by atoms with Gasteiger partial charge in [-0.05, 0) is 35.2 Å². The van der Waals surface area contributed by atoms with Crippen molar-refractivity contribution < 1.29 is 4.74 Å². The van der Waals surface area contributed by atoms with Crippen molar-refractivity contribution in [1.82, 2.24) is 4.90 Å². The molecule has 2 heteroatoms. The van der Waals surface area contributed by atoms with Crippen molar-refractivity contribution in [1.29, 1.82) is 0 Å². The van der Waals surface area contributed by atoms with Crippen LogP contribution in [0.15, 0.2) is 42.5 Å². The third-order valence-corrected chi connectivity index (χ3v) is 4.34. The second kappa shape index (κ2) is 6.38. The first-order valence-electron chi connectivity index (χ1n) is 7.62. The first kappa shape index (κ1) is 13.6. The Morgan fingerprint density at radius 2 is 1.80 bits per heavy atom. The van der Waals surface area contributed by atoms with Crippen LogP contribution < -0.4 is 0 Å². The van der Waals surface area contributed by atoms with E-state index in [1.165, 1.54) is 29.3 Å². The summed E-state index contributed by atoms with van der Waals surface area (Å²) < 4.78 is 5.41. The molecule has 106 valence electrons. The Bertz CT molecular complexity index is 555. The zero-order valence-corrected chi connectivity index (χ0v) is 12.2. The lowest BCUT2D eigenvalue weighted by Crippen LogP contribution is -2.37. The fourth-order valence-electron chi connectivity index (χ4n) is 3.04. The second-order valence-electron chi connectivity index (χ2n) is 5.71. The number of benzene rings is 2. The van der Waals surface area contributed by atoms with Crippen LogP contribution in [0.5, 0.6) is 0 Å². The van der Waals surface area contributed by atoms with Crippen molar-refractivity contribution in [3.05, 3.63) is 48.0 Å². The van der Waals surface area contributed by atoms with Crippen molar-refractivity contribution in [2.45, 2.75) is 19.3 Å². The van der Waals surface area contributed by atoms with E-state index in [0.29, 0.717) is 5.92 Å². The molecule has 3 rings (SSSR count). The number of nitrogens with zero attached hydrogens (tertiary/aromatic N) is 1. The SMILES string of the molecule is C[C@@H](CCN1CCOCC1)c1cccc2ccccc12. The van der Waals surface area contributed by atoms with Crippen LogP contribution in [0.4, 0.5) is 0 Å². The topological polar surface area (TPSA) is 12.5 Å². The minimum atomic E-state index is 0.601. The number of hydrogen-bond donors (Lipinski definition) is 0. The number of ether oxygens (including phenoxy) is 1. The van der Waals surface area contributed by atoms with Crippen molar-refractivity contribution in [2.75, 3.05) is 32.8 Å². The highest BCUT2D eigenvalue weighted by Gasteiger charge is 2.14. The van der Waals surface area contributed by atoms with Crippen LogP contribution in [0.2, 0.25) is 0 Å². The van der Waals surface area contributed by atoms with Crippen molar-refractivity contribution in [3.63, 3.8) is 0 Å². The van der Waals surface area contributed by atoms with E-state index in [1.54, 1.807) is 0 Å². The zero-order valence-electron chi connectivity index (χ0n) is 12.2. The molecule has 0 aromatic heterocycles. The van der Waals surface area contributed by atoms with Gasteiger partial charge in [0.25, 0.3) is 0 Å². The summed E-state index contributed by atoms with van der Waals surface area (Å²) in [7, 11) is 0. The van der Waals surface area contributed by atoms with Gasteiger partial charge >= 0.3 is 0 Å². The second-order valence-corrected chi connectivity index (χ2v) is 5.71. The molecule has 1 aliphatic heterocycles. The average molecular weight is 269 g/mol. The van der Waals surface area contributed by atoms with E-state index in [4.69, 9.17) is 4.74 Å². The summed E-state index contributed by atoms with van der Waals surface area (Å²) in [6.45, 7) is 7.48. The summed E-state index contributed by atoms with van der Waals surface area (Å²) in [5.74, 6) is 0.601. The lowest BCUT2D eigenvalue weighted by Gasteiger charge is -2.27. The quantitative estimate of drug-likeness (QED) is 0.840. The van der Waals surface area contributed by atoms with E-state index in [0.717, 1.165) is 26.3 Å². The van der Waals surface area contributed by atoms with Crippen molar-refractivity contribution >= 4 is 10.8 Å². The van der Waals surface area contributed by atoms with Gasteiger partial charge in [0.1, 0.15) is 0 Å². The molecule has 2 nitrogen and oxygen atoms in total. The minimum Gasteiger partial charge on any atom is -0.379 e. The Hall–Kier alpha value is -1.38. The maximum absolute atomic E-state index is 5.41. The van der Waals surface area contributed by atoms with Crippen LogP contribution in [0, 0.1) is 0 Å². The van der Waals surface area contributed by atoms with Gasteiger partial charge in [0.2, 0.25) is 0 Å². The summed E-state index contributed by atoms with van der Waals surface area (Å²) in [6, 6.07) is 15.4. The molecule has 1 atom stereocenters. The molecule has 1 heterocycles. The summed E-state index contributed by atoms with van der Waals surface area (Å²) in [5.41, 5.74) is 1.48. The van der Waals surface area contributed by atoms with Crippen LogP contribution in [0.1, 0.15) is 24.8 Å². The molecule has 0 spiro atoms. The molecule has 20 heavy (non-hydrogen) atoms. The summed E-state index contributed by atoms with van der Waals surface area (Å²) in [5, 5.41) is 2.76. The predicted molar refractivity (Wildman–Crippen MR) is 84.2 cm³/mol. The van der Waals surface area contributed by atoms with Gasteiger partial charge in [-0.2, -0.15) is 0 Å². The predicted octanol–water partition coefficient (Wildman–Crippen LogP) is 3.67. The van der Waals surface area contributed by atoms with Gasteiger partial charge in [0, 0.05) is 13.1 Å². The average Bonchev–Trinajstić information content (AvgIpc) is 2.53. The monoisotopic (exact) mass is 269 g/mol.